The zero-order valence-electron chi connectivity index (χ0n) is 10.2. The number of amides is 1. The van der Waals surface area contributed by atoms with E-state index in [1.807, 2.05) is 11.4 Å². The second-order valence-corrected chi connectivity index (χ2v) is 4.78. The molecule has 0 radical (unpaired) electrons. The Hall–Kier alpha value is -0.910. The number of thiophene rings is 1. The minimum atomic E-state index is -0.246. The molecule has 3 N–H and O–H groups in total. The van der Waals surface area contributed by atoms with Crippen molar-refractivity contribution in [3.05, 3.63) is 21.9 Å². The standard InChI is InChI=1S/C12H20N2O2S/c1-2-3-4-5-7-16-9-10-6-8-17-11(10)12(15)14-13/h6,8H,2-5,7,9,13H2,1H3,(H,14,15). The number of carbonyl (C=O) groups excluding carboxylic acids is 1. The SMILES string of the molecule is CCCCCCOCc1ccsc1C(=O)NN. The van der Waals surface area contributed by atoms with Crippen molar-refractivity contribution in [1.29, 1.82) is 0 Å². The van der Waals surface area contributed by atoms with Crippen LogP contribution < -0.4 is 11.3 Å². The van der Waals surface area contributed by atoms with Crippen molar-refractivity contribution in [2.75, 3.05) is 6.61 Å². The fourth-order valence-electron chi connectivity index (χ4n) is 1.53. The number of unbranched alkanes of at least 4 members (excludes halogenated alkanes) is 3. The predicted octanol–water partition coefficient (Wildman–Crippen LogP) is 2.45. The summed E-state index contributed by atoms with van der Waals surface area (Å²) in [5.74, 6) is 4.86. The van der Waals surface area contributed by atoms with Crippen molar-refractivity contribution in [1.82, 2.24) is 5.43 Å². The molecule has 1 rings (SSSR count). The van der Waals surface area contributed by atoms with Gasteiger partial charge in [-0.05, 0) is 17.9 Å². The quantitative estimate of drug-likeness (QED) is 0.325. The number of nitrogens with two attached hydrogens (primary N) is 1. The third kappa shape index (κ3) is 4.85. The Kier molecular flexibility index (Phi) is 6.84. The van der Waals surface area contributed by atoms with Crippen LogP contribution >= 0.6 is 11.3 Å². The third-order valence-electron chi connectivity index (χ3n) is 2.48. The van der Waals surface area contributed by atoms with Crippen LogP contribution in [0.3, 0.4) is 0 Å². The number of carbonyl (C=O) groups is 1. The molecule has 17 heavy (non-hydrogen) atoms. The number of rotatable bonds is 8. The lowest BCUT2D eigenvalue weighted by molar-refractivity contribution is 0.0943. The molecular formula is C12H20N2O2S. The van der Waals surface area contributed by atoms with Gasteiger partial charge in [-0.1, -0.05) is 26.2 Å². The fourth-order valence-corrected chi connectivity index (χ4v) is 2.34. The first-order valence-corrected chi connectivity index (χ1v) is 6.82. The molecule has 0 spiro atoms. The monoisotopic (exact) mass is 256 g/mol. The largest absolute Gasteiger partial charge is 0.377 e. The summed E-state index contributed by atoms with van der Waals surface area (Å²) in [4.78, 5) is 12.0. The van der Waals surface area contributed by atoms with Crippen LogP contribution in [0.5, 0.6) is 0 Å². The molecule has 0 unspecified atom stereocenters. The molecule has 0 atom stereocenters. The van der Waals surface area contributed by atoms with E-state index < -0.39 is 0 Å². The number of nitrogens with one attached hydrogen (secondary N) is 1. The number of ether oxygens (including phenoxy) is 1. The minimum absolute atomic E-state index is 0.246. The molecule has 0 aliphatic heterocycles. The van der Waals surface area contributed by atoms with E-state index in [4.69, 9.17) is 10.6 Å². The summed E-state index contributed by atoms with van der Waals surface area (Å²) in [6, 6.07) is 1.90. The Bertz CT molecular complexity index is 339. The van der Waals surface area contributed by atoms with Gasteiger partial charge in [0, 0.05) is 12.2 Å². The highest BCUT2D eigenvalue weighted by atomic mass is 32.1. The van der Waals surface area contributed by atoms with Crippen molar-refractivity contribution in [3.63, 3.8) is 0 Å². The van der Waals surface area contributed by atoms with Crippen molar-refractivity contribution in [2.45, 2.75) is 39.2 Å². The molecule has 0 aliphatic carbocycles. The highest BCUT2D eigenvalue weighted by Crippen LogP contribution is 2.17. The van der Waals surface area contributed by atoms with E-state index in [0.717, 1.165) is 18.6 Å². The number of hydrogen-bond acceptors (Lipinski definition) is 4. The lowest BCUT2D eigenvalue weighted by Crippen LogP contribution is -2.30. The molecule has 0 fully saturated rings. The maximum Gasteiger partial charge on any atom is 0.275 e. The Morgan fingerprint density at radius 2 is 2.29 bits per heavy atom. The lowest BCUT2D eigenvalue weighted by atomic mass is 10.2. The van der Waals surface area contributed by atoms with Gasteiger partial charge in [0.25, 0.3) is 5.91 Å². The van der Waals surface area contributed by atoms with E-state index in [-0.39, 0.29) is 5.91 Å². The maximum absolute atomic E-state index is 11.4. The lowest BCUT2D eigenvalue weighted by Gasteiger charge is -2.04. The van der Waals surface area contributed by atoms with Crippen LogP contribution in [-0.4, -0.2) is 12.5 Å². The second-order valence-electron chi connectivity index (χ2n) is 3.86. The van der Waals surface area contributed by atoms with Crippen LogP contribution in [0.2, 0.25) is 0 Å². The molecule has 1 aromatic heterocycles. The van der Waals surface area contributed by atoms with Crippen molar-refractivity contribution >= 4 is 17.2 Å². The average Bonchev–Trinajstić information content (AvgIpc) is 2.81. The van der Waals surface area contributed by atoms with Gasteiger partial charge in [0.2, 0.25) is 0 Å². The van der Waals surface area contributed by atoms with Crippen LogP contribution in [0.4, 0.5) is 0 Å². The Balaban J connectivity index is 2.27. The van der Waals surface area contributed by atoms with Crippen LogP contribution in [0.25, 0.3) is 0 Å². The summed E-state index contributed by atoms with van der Waals surface area (Å²) in [6.45, 7) is 3.42. The van der Waals surface area contributed by atoms with Crippen LogP contribution in [-0.2, 0) is 11.3 Å². The molecule has 4 nitrogen and oxygen atoms in total. The molecule has 96 valence electrons. The molecular weight excluding hydrogens is 236 g/mol. The average molecular weight is 256 g/mol. The highest BCUT2D eigenvalue weighted by molar-refractivity contribution is 7.12. The van der Waals surface area contributed by atoms with E-state index in [0.29, 0.717) is 11.5 Å². The minimum Gasteiger partial charge on any atom is -0.377 e. The first-order chi connectivity index (χ1) is 8.29. The molecule has 1 aromatic rings. The molecule has 0 bridgehead atoms. The van der Waals surface area contributed by atoms with E-state index in [1.165, 1.54) is 30.6 Å². The van der Waals surface area contributed by atoms with E-state index in [9.17, 15) is 4.79 Å². The van der Waals surface area contributed by atoms with Crippen LogP contribution in [0.15, 0.2) is 11.4 Å². The van der Waals surface area contributed by atoms with Crippen LogP contribution in [0, 0.1) is 0 Å². The first kappa shape index (κ1) is 14.2. The number of nitrogen functional groups attached to an aromatic ring is 1. The van der Waals surface area contributed by atoms with Gasteiger partial charge in [-0.15, -0.1) is 11.3 Å². The summed E-state index contributed by atoms with van der Waals surface area (Å²) < 4.78 is 5.55. The molecule has 5 heteroatoms. The first-order valence-electron chi connectivity index (χ1n) is 5.94. The number of hydrazine groups is 1. The van der Waals surface area contributed by atoms with Crippen molar-refractivity contribution in [2.24, 2.45) is 5.84 Å². The van der Waals surface area contributed by atoms with E-state index >= 15 is 0 Å². The van der Waals surface area contributed by atoms with Gasteiger partial charge in [0.05, 0.1) is 11.5 Å². The van der Waals surface area contributed by atoms with Gasteiger partial charge in [-0.2, -0.15) is 0 Å². The van der Waals surface area contributed by atoms with Gasteiger partial charge in [-0.3, -0.25) is 10.2 Å². The fraction of sp³-hybridized carbons (Fsp3) is 0.583. The summed E-state index contributed by atoms with van der Waals surface area (Å²) >= 11 is 1.38. The van der Waals surface area contributed by atoms with Gasteiger partial charge >= 0.3 is 0 Å². The van der Waals surface area contributed by atoms with Gasteiger partial charge in [-0.25, -0.2) is 5.84 Å². The zero-order chi connectivity index (χ0) is 12.5. The smallest absolute Gasteiger partial charge is 0.275 e. The summed E-state index contributed by atoms with van der Waals surface area (Å²) in [7, 11) is 0. The van der Waals surface area contributed by atoms with Gasteiger partial charge < -0.3 is 4.74 Å². The summed E-state index contributed by atoms with van der Waals surface area (Å²) in [5.41, 5.74) is 3.05. The summed E-state index contributed by atoms with van der Waals surface area (Å²) in [6.07, 6.45) is 4.76. The maximum atomic E-state index is 11.4. The zero-order valence-corrected chi connectivity index (χ0v) is 11.0. The third-order valence-corrected chi connectivity index (χ3v) is 3.44. The Labute approximate surface area is 106 Å². The van der Waals surface area contributed by atoms with E-state index in [2.05, 4.69) is 12.3 Å². The topological polar surface area (TPSA) is 64.3 Å². The molecule has 1 amide bonds. The second kappa shape index (κ2) is 8.22. The molecule has 0 saturated heterocycles. The Morgan fingerprint density at radius 3 is 3.00 bits per heavy atom. The summed E-state index contributed by atoms with van der Waals surface area (Å²) in [5, 5.41) is 1.88. The van der Waals surface area contributed by atoms with Crippen molar-refractivity contribution in [3.8, 4) is 0 Å². The molecule has 1 heterocycles. The van der Waals surface area contributed by atoms with E-state index in [1.54, 1.807) is 0 Å². The van der Waals surface area contributed by atoms with Gasteiger partial charge in [0.15, 0.2) is 0 Å². The normalized spacial score (nSPS) is 10.5. The predicted molar refractivity (Wildman–Crippen MR) is 69.8 cm³/mol. The van der Waals surface area contributed by atoms with Crippen LogP contribution in [0.1, 0.15) is 47.8 Å². The van der Waals surface area contributed by atoms with Crippen molar-refractivity contribution < 1.29 is 9.53 Å². The molecule has 0 saturated carbocycles. The molecule has 0 aromatic carbocycles. The van der Waals surface area contributed by atoms with Gasteiger partial charge in [0.1, 0.15) is 0 Å². The highest BCUT2D eigenvalue weighted by Gasteiger charge is 2.11. The number of hydrogen-bond donors (Lipinski definition) is 2. The Morgan fingerprint density at radius 1 is 1.47 bits per heavy atom. The molecule has 0 aliphatic rings.